The highest BCUT2D eigenvalue weighted by Gasteiger charge is 2.15. The molecule has 0 aromatic heterocycles. The molecule has 0 saturated heterocycles. The molecule has 1 aromatic rings. The number of methoxy groups -OCH3 is 1. The van der Waals surface area contributed by atoms with Crippen molar-refractivity contribution in [2.75, 3.05) is 21.2 Å². The highest BCUT2D eigenvalue weighted by atomic mass is 16.6. The molecule has 0 N–H and O–H groups in total. The van der Waals surface area contributed by atoms with Gasteiger partial charge in [-0.05, 0) is 12.1 Å². The maximum absolute atomic E-state index is 11.4. The second-order valence-corrected chi connectivity index (χ2v) is 3.26. The van der Waals surface area contributed by atoms with Crippen LogP contribution in [0.1, 0.15) is 10.4 Å². The van der Waals surface area contributed by atoms with Gasteiger partial charge in [-0.15, -0.1) is 0 Å². The lowest BCUT2D eigenvalue weighted by Gasteiger charge is -2.14. The van der Waals surface area contributed by atoms with Crippen molar-refractivity contribution >= 4 is 12.4 Å². The zero-order chi connectivity index (χ0) is 12.1. The van der Waals surface area contributed by atoms with Crippen molar-refractivity contribution in [3.63, 3.8) is 0 Å². The van der Waals surface area contributed by atoms with Gasteiger partial charge in [0.1, 0.15) is 0 Å². The van der Waals surface area contributed by atoms with E-state index < -0.39 is 6.09 Å². The second kappa shape index (κ2) is 5.16. The van der Waals surface area contributed by atoms with E-state index in [2.05, 4.69) is 0 Å². The maximum atomic E-state index is 11.4. The van der Waals surface area contributed by atoms with Crippen LogP contribution in [-0.2, 0) is 0 Å². The number of ether oxygens (including phenoxy) is 2. The van der Waals surface area contributed by atoms with Crippen LogP contribution in [0.15, 0.2) is 18.2 Å². The Balaban J connectivity index is 3.09. The summed E-state index contributed by atoms with van der Waals surface area (Å²) in [5.74, 6) is 0.485. The molecule has 0 aliphatic rings. The Labute approximate surface area is 93.6 Å². The summed E-state index contributed by atoms with van der Waals surface area (Å²) in [7, 11) is 4.55. The van der Waals surface area contributed by atoms with E-state index in [1.54, 1.807) is 32.3 Å². The summed E-state index contributed by atoms with van der Waals surface area (Å²) < 4.78 is 10.1. The molecule has 1 aromatic carbocycles. The van der Waals surface area contributed by atoms with E-state index >= 15 is 0 Å². The number of carbonyl (C=O) groups excluding carboxylic acids is 2. The van der Waals surface area contributed by atoms with Gasteiger partial charge in [0.05, 0.1) is 12.7 Å². The highest BCUT2D eigenvalue weighted by molar-refractivity contribution is 5.83. The van der Waals surface area contributed by atoms with Gasteiger partial charge in [-0.3, -0.25) is 4.79 Å². The number of hydrogen-bond donors (Lipinski definition) is 0. The number of aldehydes is 1. The Morgan fingerprint density at radius 2 is 2.06 bits per heavy atom. The van der Waals surface area contributed by atoms with Crippen molar-refractivity contribution in [2.24, 2.45) is 0 Å². The van der Waals surface area contributed by atoms with Gasteiger partial charge < -0.3 is 14.4 Å². The molecule has 1 amide bonds. The first-order chi connectivity index (χ1) is 7.60. The molecule has 0 saturated carbocycles. The molecule has 0 bridgehead atoms. The molecular weight excluding hydrogens is 210 g/mol. The van der Waals surface area contributed by atoms with Crippen LogP contribution >= 0.6 is 0 Å². The SMILES string of the molecule is COc1cccc(C=O)c1OC(=O)N(C)C. The van der Waals surface area contributed by atoms with Crippen LogP contribution in [0.3, 0.4) is 0 Å². The summed E-state index contributed by atoms with van der Waals surface area (Å²) in [6.45, 7) is 0. The molecule has 5 nitrogen and oxygen atoms in total. The number of benzene rings is 1. The predicted octanol–water partition coefficient (Wildman–Crippen LogP) is 1.57. The second-order valence-electron chi connectivity index (χ2n) is 3.26. The van der Waals surface area contributed by atoms with Gasteiger partial charge >= 0.3 is 6.09 Å². The normalized spacial score (nSPS) is 9.44. The molecule has 0 unspecified atom stereocenters. The fourth-order valence-electron chi connectivity index (χ4n) is 1.07. The Morgan fingerprint density at radius 3 is 2.56 bits per heavy atom. The molecule has 0 radical (unpaired) electrons. The number of amides is 1. The molecule has 0 heterocycles. The van der Waals surface area contributed by atoms with Gasteiger partial charge in [-0.25, -0.2) is 4.79 Å². The third-order valence-corrected chi connectivity index (χ3v) is 1.91. The molecule has 1 rings (SSSR count). The Bertz CT molecular complexity index is 401. The van der Waals surface area contributed by atoms with Crippen LogP contribution in [0.5, 0.6) is 11.5 Å². The van der Waals surface area contributed by atoms with Crippen LogP contribution in [0, 0.1) is 0 Å². The van der Waals surface area contributed by atoms with E-state index in [1.807, 2.05) is 0 Å². The zero-order valence-electron chi connectivity index (χ0n) is 9.39. The van der Waals surface area contributed by atoms with E-state index in [4.69, 9.17) is 9.47 Å². The summed E-state index contributed by atoms with van der Waals surface area (Å²) in [4.78, 5) is 23.4. The van der Waals surface area contributed by atoms with Gasteiger partial charge in [0, 0.05) is 14.1 Å². The van der Waals surface area contributed by atoms with Gasteiger partial charge in [0.15, 0.2) is 17.8 Å². The number of rotatable bonds is 3. The quantitative estimate of drug-likeness (QED) is 0.730. The highest BCUT2D eigenvalue weighted by Crippen LogP contribution is 2.30. The minimum atomic E-state index is -0.562. The third kappa shape index (κ3) is 2.50. The van der Waals surface area contributed by atoms with Crippen LogP contribution in [0.2, 0.25) is 0 Å². The van der Waals surface area contributed by atoms with Crippen LogP contribution in [0.4, 0.5) is 4.79 Å². The topological polar surface area (TPSA) is 55.8 Å². The number of para-hydroxylation sites is 1. The fraction of sp³-hybridized carbons (Fsp3) is 0.273. The molecule has 0 atom stereocenters. The summed E-state index contributed by atoms with van der Waals surface area (Å²) in [6, 6.07) is 4.81. The van der Waals surface area contributed by atoms with E-state index in [9.17, 15) is 9.59 Å². The van der Waals surface area contributed by atoms with E-state index in [0.29, 0.717) is 12.0 Å². The van der Waals surface area contributed by atoms with E-state index in [0.717, 1.165) is 0 Å². The fourth-order valence-corrected chi connectivity index (χ4v) is 1.07. The molecular formula is C11H13NO4. The van der Waals surface area contributed by atoms with Gasteiger partial charge in [0.25, 0.3) is 0 Å². The zero-order valence-corrected chi connectivity index (χ0v) is 9.39. The Kier molecular flexibility index (Phi) is 3.88. The molecule has 0 aliphatic heterocycles. The number of carbonyl (C=O) groups is 2. The van der Waals surface area contributed by atoms with E-state index in [-0.39, 0.29) is 11.3 Å². The summed E-state index contributed by atoms with van der Waals surface area (Å²) in [6.07, 6.45) is 0.0495. The Hall–Kier alpha value is -2.04. The summed E-state index contributed by atoms with van der Waals surface area (Å²) in [5, 5.41) is 0. The molecule has 16 heavy (non-hydrogen) atoms. The van der Waals surface area contributed by atoms with Crippen LogP contribution in [-0.4, -0.2) is 38.5 Å². The van der Waals surface area contributed by atoms with Crippen LogP contribution in [0.25, 0.3) is 0 Å². The average Bonchev–Trinajstić information content (AvgIpc) is 2.29. The minimum absolute atomic E-state index is 0.138. The Morgan fingerprint density at radius 1 is 1.38 bits per heavy atom. The van der Waals surface area contributed by atoms with Crippen molar-refractivity contribution in [1.29, 1.82) is 0 Å². The first-order valence-corrected chi connectivity index (χ1v) is 4.61. The molecule has 86 valence electrons. The lowest BCUT2D eigenvalue weighted by molar-refractivity contribution is 0.111. The predicted molar refractivity (Wildman–Crippen MR) is 58.1 cm³/mol. The largest absolute Gasteiger partial charge is 0.493 e. The standard InChI is InChI=1S/C11H13NO4/c1-12(2)11(14)16-10-8(7-13)5-4-6-9(10)15-3/h4-7H,1-3H3. The first-order valence-electron chi connectivity index (χ1n) is 4.61. The molecule has 5 heteroatoms. The molecule has 0 fully saturated rings. The monoisotopic (exact) mass is 223 g/mol. The van der Waals surface area contributed by atoms with E-state index in [1.165, 1.54) is 12.0 Å². The van der Waals surface area contributed by atoms with Crippen LogP contribution < -0.4 is 9.47 Å². The summed E-state index contributed by atoms with van der Waals surface area (Å²) >= 11 is 0. The van der Waals surface area contributed by atoms with Gasteiger partial charge in [0.2, 0.25) is 0 Å². The lowest BCUT2D eigenvalue weighted by atomic mass is 10.2. The smallest absolute Gasteiger partial charge is 0.414 e. The number of hydrogen-bond acceptors (Lipinski definition) is 4. The average molecular weight is 223 g/mol. The van der Waals surface area contributed by atoms with Crippen molar-refractivity contribution in [1.82, 2.24) is 4.90 Å². The van der Waals surface area contributed by atoms with Crippen molar-refractivity contribution < 1.29 is 19.1 Å². The van der Waals surface area contributed by atoms with Gasteiger partial charge in [-0.2, -0.15) is 0 Å². The lowest BCUT2D eigenvalue weighted by Crippen LogP contribution is -2.25. The summed E-state index contributed by atoms with van der Waals surface area (Å²) in [5.41, 5.74) is 0.273. The minimum Gasteiger partial charge on any atom is -0.493 e. The molecule has 0 aliphatic carbocycles. The molecule has 0 spiro atoms. The first kappa shape index (κ1) is 12.0. The van der Waals surface area contributed by atoms with Crippen molar-refractivity contribution in [3.8, 4) is 11.5 Å². The van der Waals surface area contributed by atoms with Crippen molar-refractivity contribution in [3.05, 3.63) is 23.8 Å². The number of nitrogens with zero attached hydrogens (tertiary/aromatic N) is 1. The van der Waals surface area contributed by atoms with Gasteiger partial charge in [-0.1, -0.05) is 6.07 Å². The maximum Gasteiger partial charge on any atom is 0.414 e. The van der Waals surface area contributed by atoms with Crippen molar-refractivity contribution in [2.45, 2.75) is 0 Å². The third-order valence-electron chi connectivity index (χ3n) is 1.91.